The molecule has 0 bridgehead atoms. The molecule has 18 heavy (non-hydrogen) atoms. The second-order valence-corrected chi connectivity index (χ2v) is 6.31. The molecule has 0 aliphatic carbocycles. The lowest BCUT2D eigenvalue weighted by Gasteiger charge is -2.25. The van der Waals surface area contributed by atoms with Crippen molar-refractivity contribution in [1.82, 2.24) is 0 Å². The molecule has 0 saturated carbocycles. The van der Waals surface area contributed by atoms with E-state index in [1.807, 2.05) is 39.0 Å². The van der Waals surface area contributed by atoms with Crippen LogP contribution in [0.25, 0.3) is 0 Å². The molecule has 1 aromatic carbocycles. The molecule has 1 atom stereocenters. The Morgan fingerprint density at radius 3 is 2.50 bits per heavy atom. The third-order valence-electron chi connectivity index (χ3n) is 2.87. The number of nitrogens with two attached hydrogens (primary N) is 1. The molecule has 0 saturated heterocycles. The van der Waals surface area contributed by atoms with Crippen molar-refractivity contribution in [2.24, 2.45) is 11.1 Å². The van der Waals surface area contributed by atoms with Crippen molar-refractivity contribution in [2.45, 2.75) is 33.2 Å². The van der Waals surface area contributed by atoms with Crippen LogP contribution in [0.2, 0.25) is 0 Å². The summed E-state index contributed by atoms with van der Waals surface area (Å²) in [6.07, 6.45) is 0.348. The molecule has 2 N–H and O–H groups in total. The SMILES string of the molecule is COc1ccc(CC(=O)C(N)C(C)(C)C)cc1Br. The van der Waals surface area contributed by atoms with Crippen molar-refractivity contribution in [3.63, 3.8) is 0 Å². The van der Waals surface area contributed by atoms with Gasteiger partial charge < -0.3 is 10.5 Å². The van der Waals surface area contributed by atoms with Crippen LogP contribution in [-0.2, 0) is 11.2 Å². The molecule has 100 valence electrons. The first-order valence-corrected chi connectivity index (χ1v) is 6.65. The van der Waals surface area contributed by atoms with Gasteiger partial charge in [0.2, 0.25) is 0 Å². The van der Waals surface area contributed by atoms with Crippen molar-refractivity contribution in [3.05, 3.63) is 28.2 Å². The summed E-state index contributed by atoms with van der Waals surface area (Å²) in [5.41, 5.74) is 6.68. The number of ether oxygens (including phenoxy) is 1. The van der Waals surface area contributed by atoms with Gasteiger partial charge in [-0.15, -0.1) is 0 Å². The number of rotatable bonds is 4. The number of benzene rings is 1. The van der Waals surface area contributed by atoms with Crippen LogP contribution in [0.5, 0.6) is 5.75 Å². The van der Waals surface area contributed by atoms with Crippen molar-refractivity contribution >= 4 is 21.7 Å². The third-order valence-corrected chi connectivity index (χ3v) is 3.49. The van der Waals surface area contributed by atoms with Crippen molar-refractivity contribution < 1.29 is 9.53 Å². The molecule has 1 aromatic rings. The van der Waals surface area contributed by atoms with Crippen molar-refractivity contribution in [2.75, 3.05) is 7.11 Å². The predicted molar refractivity (Wildman–Crippen MR) is 76.8 cm³/mol. The van der Waals surface area contributed by atoms with E-state index in [1.54, 1.807) is 7.11 Å². The molecule has 0 radical (unpaired) electrons. The summed E-state index contributed by atoms with van der Waals surface area (Å²) in [6, 6.07) is 5.18. The number of halogens is 1. The van der Waals surface area contributed by atoms with Crippen LogP contribution in [0.4, 0.5) is 0 Å². The Labute approximate surface area is 117 Å². The van der Waals surface area contributed by atoms with Gasteiger partial charge in [0.25, 0.3) is 0 Å². The fourth-order valence-electron chi connectivity index (χ4n) is 1.61. The summed E-state index contributed by atoms with van der Waals surface area (Å²) >= 11 is 3.41. The maximum absolute atomic E-state index is 12.1. The minimum Gasteiger partial charge on any atom is -0.496 e. The minimum absolute atomic E-state index is 0.0552. The van der Waals surface area contributed by atoms with Gasteiger partial charge in [0.1, 0.15) is 5.75 Å². The van der Waals surface area contributed by atoms with E-state index in [2.05, 4.69) is 15.9 Å². The Morgan fingerprint density at radius 2 is 2.06 bits per heavy atom. The van der Waals surface area contributed by atoms with Crippen LogP contribution >= 0.6 is 15.9 Å². The van der Waals surface area contributed by atoms with Gasteiger partial charge in [-0.1, -0.05) is 26.8 Å². The van der Waals surface area contributed by atoms with E-state index in [9.17, 15) is 4.79 Å². The van der Waals surface area contributed by atoms with Crippen LogP contribution in [0.15, 0.2) is 22.7 Å². The predicted octanol–water partition coefficient (Wildman–Crippen LogP) is 2.94. The summed E-state index contributed by atoms with van der Waals surface area (Å²) in [4.78, 5) is 12.1. The Hall–Kier alpha value is -0.870. The lowest BCUT2D eigenvalue weighted by atomic mass is 9.83. The largest absolute Gasteiger partial charge is 0.496 e. The summed E-state index contributed by atoms with van der Waals surface area (Å²) in [5, 5.41) is 0. The van der Waals surface area contributed by atoms with E-state index in [0.29, 0.717) is 6.42 Å². The Kier molecular flexibility index (Phi) is 4.93. The average molecular weight is 314 g/mol. The van der Waals surface area contributed by atoms with Crippen LogP contribution < -0.4 is 10.5 Å². The Morgan fingerprint density at radius 1 is 1.44 bits per heavy atom. The fourth-order valence-corrected chi connectivity index (χ4v) is 2.20. The van der Waals surface area contributed by atoms with Crippen LogP contribution in [-0.4, -0.2) is 18.9 Å². The lowest BCUT2D eigenvalue weighted by Crippen LogP contribution is -2.43. The van der Waals surface area contributed by atoms with Gasteiger partial charge in [0, 0.05) is 6.42 Å². The third kappa shape index (κ3) is 3.82. The zero-order chi connectivity index (χ0) is 13.9. The second-order valence-electron chi connectivity index (χ2n) is 5.46. The highest BCUT2D eigenvalue weighted by molar-refractivity contribution is 9.10. The van der Waals surface area contributed by atoms with Gasteiger partial charge in [-0.2, -0.15) is 0 Å². The molecule has 1 rings (SSSR count). The van der Waals surface area contributed by atoms with Gasteiger partial charge in [-0.3, -0.25) is 4.79 Å². The molecular formula is C14H20BrNO2. The maximum atomic E-state index is 12.1. The topological polar surface area (TPSA) is 52.3 Å². The number of methoxy groups -OCH3 is 1. The van der Waals surface area contributed by atoms with E-state index in [0.717, 1.165) is 15.8 Å². The molecule has 0 heterocycles. The van der Waals surface area contributed by atoms with Gasteiger partial charge >= 0.3 is 0 Å². The molecule has 0 aromatic heterocycles. The smallest absolute Gasteiger partial charge is 0.154 e. The zero-order valence-corrected chi connectivity index (χ0v) is 12.9. The van der Waals surface area contributed by atoms with Gasteiger partial charge in [0.15, 0.2) is 5.78 Å². The summed E-state index contributed by atoms with van der Waals surface area (Å²) in [6.45, 7) is 5.92. The average Bonchev–Trinajstić information content (AvgIpc) is 2.27. The zero-order valence-electron chi connectivity index (χ0n) is 11.3. The van der Waals surface area contributed by atoms with Crippen LogP contribution in [0.1, 0.15) is 26.3 Å². The maximum Gasteiger partial charge on any atom is 0.154 e. The quantitative estimate of drug-likeness (QED) is 0.929. The first-order chi connectivity index (χ1) is 8.25. The normalized spacial score (nSPS) is 13.2. The second kappa shape index (κ2) is 5.85. The Bertz CT molecular complexity index is 438. The van der Waals surface area contributed by atoms with Gasteiger partial charge in [-0.25, -0.2) is 0 Å². The van der Waals surface area contributed by atoms with Crippen molar-refractivity contribution in [1.29, 1.82) is 0 Å². The molecule has 0 fully saturated rings. The summed E-state index contributed by atoms with van der Waals surface area (Å²) in [7, 11) is 1.61. The molecule has 0 amide bonds. The number of carbonyl (C=O) groups excluding carboxylic acids is 1. The number of Topliss-reactive ketones (excluding diaryl/α,β-unsaturated/α-hetero) is 1. The molecular weight excluding hydrogens is 294 g/mol. The number of hydrogen-bond acceptors (Lipinski definition) is 3. The summed E-state index contributed by atoms with van der Waals surface area (Å²) < 4.78 is 6.00. The molecule has 0 aliphatic heterocycles. The highest BCUT2D eigenvalue weighted by atomic mass is 79.9. The van der Waals surface area contributed by atoms with E-state index in [1.165, 1.54) is 0 Å². The monoisotopic (exact) mass is 313 g/mol. The van der Waals surface area contributed by atoms with E-state index >= 15 is 0 Å². The minimum atomic E-state index is -0.446. The fraction of sp³-hybridized carbons (Fsp3) is 0.500. The van der Waals surface area contributed by atoms with Gasteiger partial charge in [0.05, 0.1) is 17.6 Å². The van der Waals surface area contributed by atoms with Crippen molar-refractivity contribution in [3.8, 4) is 5.75 Å². The Balaban J connectivity index is 2.80. The first-order valence-electron chi connectivity index (χ1n) is 5.86. The molecule has 4 heteroatoms. The number of carbonyl (C=O) groups is 1. The molecule has 0 spiro atoms. The molecule has 1 unspecified atom stereocenters. The molecule has 3 nitrogen and oxygen atoms in total. The first kappa shape index (κ1) is 15.2. The molecule has 0 aliphatic rings. The van der Waals surface area contributed by atoms with Gasteiger partial charge in [-0.05, 0) is 39.0 Å². The number of hydrogen-bond donors (Lipinski definition) is 1. The van der Waals surface area contributed by atoms with E-state index in [-0.39, 0.29) is 11.2 Å². The van der Waals surface area contributed by atoms with E-state index < -0.39 is 6.04 Å². The van der Waals surface area contributed by atoms with E-state index in [4.69, 9.17) is 10.5 Å². The lowest BCUT2D eigenvalue weighted by molar-refractivity contribution is -0.121. The highest BCUT2D eigenvalue weighted by Crippen LogP contribution is 2.26. The standard InChI is InChI=1S/C14H20BrNO2/c1-14(2,3)13(16)11(17)8-9-5-6-12(18-4)10(15)7-9/h5-7,13H,8,16H2,1-4H3. The highest BCUT2D eigenvalue weighted by Gasteiger charge is 2.27. The number of ketones is 1. The van der Waals surface area contributed by atoms with Crippen LogP contribution in [0.3, 0.4) is 0 Å². The van der Waals surface area contributed by atoms with Crippen LogP contribution in [0, 0.1) is 5.41 Å². The summed E-state index contributed by atoms with van der Waals surface area (Å²) in [5.74, 6) is 0.811.